The molecule has 2 heteroatoms. The summed E-state index contributed by atoms with van der Waals surface area (Å²) < 4.78 is 0. The Morgan fingerprint density at radius 3 is 1.50 bits per heavy atom. The van der Waals surface area contributed by atoms with Gasteiger partial charge in [-0.3, -0.25) is 0 Å². The normalized spacial score (nSPS) is 10.9. The first-order valence-corrected chi connectivity index (χ1v) is 7.27. The van der Waals surface area contributed by atoms with Crippen LogP contribution in [0, 0.1) is 0 Å². The van der Waals surface area contributed by atoms with Crippen molar-refractivity contribution in [1.82, 2.24) is 10.6 Å². The van der Waals surface area contributed by atoms with Crippen molar-refractivity contribution >= 4 is 0 Å². The highest BCUT2D eigenvalue weighted by Gasteiger charge is 1.92. The third kappa shape index (κ3) is 13.9. The number of rotatable bonds is 13. The highest BCUT2D eigenvalue weighted by Crippen LogP contribution is 2.09. The number of unbranched alkanes of at least 4 members (excludes halogenated alkanes) is 8. The second-order valence-corrected chi connectivity index (χ2v) is 4.64. The summed E-state index contributed by atoms with van der Waals surface area (Å²) in [4.78, 5) is 0. The quantitative estimate of drug-likeness (QED) is 0.473. The van der Waals surface area contributed by atoms with Crippen molar-refractivity contribution in [3.63, 3.8) is 0 Å². The van der Waals surface area contributed by atoms with E-state index in [0.717, 1.165) is 6.54 Å². The lowest BCUT2D eigenvalue weighted by Gasteiger charge is -2.03. The molecule has 98 valence electrons. The van der Waals surface area contributed by atoms with Gasteiger partial charge in [-0.1, -0.05) is 51.9 Å². The molecule has 0 saturated carbocycles. The summed E-state index contributed by atoms with van der Waals surface area (Å²) in [7, 11) is 2.04. The van der Waals surface area contributed by atoms with Crippen LogP contribution in [-0.2, 0) is 0 Å². The monoisotopic (exact) mass is 228 g/mol. The zero-order valence-corrected chi connectivity index (χ0v) is 11.5. The van der Waals surface area contributed by atoms with Crippen LogP contribution < -0.4 is 10.6 Å². The fourth-order valence-corrected chi connectivity index (χ4v) is 1.97. The molecule has 0 aromatic heterocycles. The van der Waals surface area contributed by atoms with Crippen LogP contribution in [0.4, 0.5) is 0 Å². The lowest BCUT2D eigenvalue weighted by molar-refractivity contribution is 0.544. The van der Waals surface area contributed by atoms with Gasteiger partial charge in [0.25, 0.3) is 0 Å². The van der Waals surface area contributed by atoms with Crippen LogP contribution in [0.1, 0.15) is 64.7 Å². The van der Waals surface area contributed by atoms with E-state index in [1.54, 1.807) is 0 Å². The maximum Gasteiger partial charge on any atom is -0.00490 e. The molecule has 0 fully saturated rings. The summed E-state index contributed by atoms with van der Waals surface area (Å²) in [5.74, 6) is 0. The molecule has 0 aliphatic heterocycles. The fourth-order valence-electron chi connectivity index (χ4n) is 1.97. The van der Waals surface area contributed by atoms with Crippen LogP contribution in [0.15, 0.2) is 0 Å². The smallest absolute Gasteiger partial charge is 0.00490 e. The van der Waals surface area contributed by atoms with E-state index in [1.807, 2.05) is 7.05 Å². The molecule has 16 heavy (non-hydrogen) atoms. The third-order valence-corrected chi connectivity index (χ3v) is 3.03. The zero-order chi connectivity index (χ0) is 11.9. The number of hydrogen-bond acceptors (Lipinski definition) is 2. The maximum atomic E-state index is 3.37. The van der Waals surface area contributed by atoms with Crippen LogP contribution in [0.5, 0.6) is 0 Å². The standard InChI is InChI=1S/C14H32N2/c1-3-16-14-12-10-8-6-4-5-7-9-11-13-15-2/h15-16H,3-14H2,1-2H3. The van der Waals surface area contributed by atoms with Crippen LogP contribution in [0.3, 0.4) is 0 Å². The van der Waals surface area contributed by atoms with Crippen molar-refractivity contribution in [2.45, 2.75) is 64.7 Å². The van der Waals surface area contributed by atoms with Gasteiger partial charge in [-0.2, -0.15) is 0 Å². The van der Waals surface area contributed by atoms with E-state index >= 15 is 0 Å². The summed E-state index contributed by atoms with van der Waals surface area (Å²) >= 11 is 0. The van der Waals surface area contributed by atoms with Gasteiger partial charge in [0.05, 0.1) is 0 Å². The van der Waals surface area contributed by atoms with E-state index in [2.05, 4.69) is 17.6 Å². The third-order valence-electron chi connectivity index (χ3n) is 3.03. The van der Waals surface area contributed by atoms with Crippen molar-refractivity contribution in [2.75, 3.05) is 26.7 Å². The summed E-state index contributed by atoms with van der Waals surface area (Å²) in [5.41, 5.74) is 0. The molecule has 0 amide bonds. The average molecular weight is 228 g/mol. The van der Waals surface area contributed by atoms with Crippen molar-refractivity contribution in [2.24, 2.45) is 0 Å². The van der Waals surface area contributed by atoms with Gasteiger partial charge < -0.3 is 10.6 Å². The van der Waals surface area contributed by atoms with Crippen molar-refractivity contribution in [1.29, 1.82) is 0 Å². The Kier molecular flexibility index (Phi) is 14.8. The van der Waals surface area contributed by atoms with Gasteiger partial charge in [0.1, 0.15) is 0 Å². The molecular weight excluding hydrogens is 196 g/mol. The lowest BCUT2D eigenvalue weighted by atomic mass is 10.1. The molecule has 0 saturated heterocycles. The Balaban J connectivity index is 2.83. The first-order valence-electron chi connectivity index (χ1n) is 7.27. The van der Waals surface area contributed by atoms with Gasteiger partial charge in [0.15, 0.2) is 0 Å². The Morgan fingerprint density at radius 2 is 1.06 bits per heavy atom. The molecule has 0 unspecified atom stereocenters. The van der Waals surface area contributed by atoms with Crippen molar-refractivity contribution in [3.8, 4) is 0 Å². The largest absolute Gasteiger partial charge is 0.320 e. The Morgan fingerprint density at radius 1 is 0.625 bits per heavy atom. The fraction of sp³-hybridized carbons (Fsp3) is 1.00. The summed E-state index contributed by atoms with van der Waals surface area (Å²) in [6.07, 6.45) is 12.7. The van der Waals surface area contributed by atoms with Crippen molar-refractivity contribution < 1.29 is 0 Å². The second-order valence-electron chi connectivity index (χ2n) is 4.64. The highest BCUT2D eigenvalue weighted by molar-refractivity contribution is 4.50. The predicted molar refractivity (Wildman–Crippen MR) is 74.0 cm³/mol. The zero-order valence-electron chi connectivity index (χ0n) is 11.5. The first-order chi connectivity index (χ1) is 7.91. The molecule has 2 N–H and O–H groups in total. The molecule has 0 atom stereocenters. The molecular formula is C14H32N2. The Bertz CT molecular complexity index is 101. The predicted octanol–water partition coefficient (Wildman–Crippen LogP) is 3.33. The van der Waals surface area contributed by atoms with E-state index in [4.69, 9.17) is 0 Å². The highest BCUT2D eigenvalue weighted by atomic mass is 14.8. The van der Waals surface area contributed by atoms with E-state index in [9.17, 15) is 0 Å². The molecule has 0 aliphatic carbocycles. The van der Waals surface area contributed by atoms with Crippen molar-refractivity contribution in [3.05, 3.63) is 0 Å². The summed E-state index contributed by atoms with van der Waals surface area (Å²) in [6.45, 7) is 5.69. The minimum absolute atomic E-state index is 1.12. The molecule has 0 aliphatic rings. The number of nitrogens with one attached hydrogen (secondary N) is 2. The maximum absolute atomic E-state index is 3.37. The van der Waals surface area contributed by atoms with Crippen LogP contribution >= 0.6 is 0 Å². The average Bonchev–Trinajstić information content (AvgIpc) is 2.31. The Hall–Kier alpha value is -0.0800. The van der Waals surface area contributed by atoms with Crippen LogP contribution in [0.25, 0.3) is 0 Å². The minimum atomic E-state index is 1.12. The molecule has 0 rings (SSSR count). The van der Waals surface area contributed by atoms with Gasteiger partial charge in [0, 0.05) is 0 Å². The lowest BCUT2D eigenvalue weighted by Crippen LogP contribution is -2.13. The van der Waals surface area contributed by atoms with Crippen LogP contribution in [0.2, 0.25) is 0 Å². The molecule has 0 aromatic rings. The molecule has 0 spiro atoms. The molecule has 0 aromatic carbocycles. The summed E-state index contributed by atoms with van der Waals surface area (Å²) in [5, 5.41) is 6.57. The molecule has 0 radical (unpaired) electrons. The van der Waals surface area contributed by atoms with E-state index in [-0.39, 0.29) is 0 Å². The molecule has 0 bridgehead atoms. The second kappa shape index (κ2) is 14.9. The van der Waals surface area contributed by atoms with E-state index in [0.29, 0.717) is 0 Å². The SMILES string of the molecule is CCNCCCCCCCCCCCNC. The van der Waals surface area contributed by atoms with Crippen LogP contribution in [-0.4, -0.2) is 26.7 Å². The van der Waals surface area contributed by atoms with E-state index < -0.39 is 0 Å². The minimum Gasteiger partial charge on any atom is -0.320 e. The van der Waals surface area contributed by atoms with Gasteiger partial charge >= 0.3 is 0 Å². The molecule has 0 heterocycles. The van der Waals surface area contributed by atoms with Gasteiger partial charge in [-0.15, -0.1) is 0 Å². The topological polar surface area (TPSA) is 24.1 Å². The van der Waals surface area contributed by atoms with Gasteiger partial charge in [-0.05, 0) is 39.5 Å². The van der Waals surface area contributed by atoms with Gasteiger partial charge in [-0.25, -0.2) is 0 Å². The molecule has 2 nitrogen and oxygen atoms in total. The Labute approximate surface area is 103 Å². The number of hydrogen-bond donors (Lipinski definition) is 2. The van der Waals surface area contributed by atoms with Gasteiger partial charge in [0.2, 0.25) is 0 Å². The first kappa shape index (κ1) is 15.9. The van der Waals surface area contributed by atoms with E-state index in [1.165, 1.54) is 70.9 Å². The summed E-state index contributed by atoms with van der Waals surface area (Å²) in [6, 6.07) is 0.